The Morgan fingerprint density at radius 3 is 2.89 bits per heavy atom. The number of nitrogens with one attached hydrogen (secondary N) is 1. The second-order valence-electron chi connectivity index (χ2n) is 5.32. The predicted octanol–water partition coefficient (Wildman–Crippen LogP) is 3.13. The van der Waals surface area contributed by atoms with Crippen molar-refractivity contribution in [2.45, 2.75) is 51.6 Å². The van der Waals surface area contributed by atoms with Gasteiger partial charge in [0.1, 0.15) is 5.82 Å². The molecule has 1 aromatic heterocycles. The van der Waals surface area contributed by atoms with Gasteiger partial charge in [-0.3, -0.25) is 0 Å². The van der Waals surface area contributed by atoms with E-state index >= 15 is 0 Å². The van der Waals surface area contributed by atoms with Crippen LogP contribution in [0.25, 0.3) is 0 Å². The summed E-state index contributed by atoms with van der Waals surface area (Å²) in [4.78, 5) is 6.84. The highest BCUT2D eigenvalue weighted by Gasteiger charge is 2.23. The Bertz CT molecular complexity index is 374. The Kier molecular flexibility index (Phi) is 4.59. The molecule has 0 bridgehead atoms. The highest BCUT2D eigenvalue weighted by atomic mass is 15.2. The van der Waals surface area contributed by atoms with Gasteiger partial charge in [-0.15, -0.1) is 0 Å². The molecule has 0 radical (unpaired) electrons. The van der Waals surface area contributed by atoms with E-state index in [1.165, 1.54) is 31.2 Å². The molecule has 0 aliphatic heterocycles. The fourth-order valence-corrected chi connectivity index (χ4v) is 2.34. The molecule has 1 aliphatic carbocycles. The topological polar surface area (TPSA) is 28.2 Å². The van der Waals surface area contributed by atoms with E-state index in [4.69, 9.17) is 0 Å². The normalized spacial score (nSPS) is 17.3. The summed E-state index contributed by atoms with van der Waals surface area (Å²) in [5.74, 6) is 1.11. The van der Waals surface area contributed by atoms with Crippen molar-refractivity contribution < 1.29 is 0 Å². The number of hydrogen-bond donors (Lipinski definition) is 1. The van der Waals surface area contributed by atoms with Gasteiger partial charge < -0.3 is 10.2 Å². The molecule has 1 heterocycles. The van der Waals surface area contributed by atoms with Gasteiger partial charge in [0, 0.05) is 25.3 Å². The van der Waals surface area contributed by atoms with E-state index in [0.717, 1.165) is 12.4 Å². The van der Waals surface area contributed by atoms with Crippen molar-refractivity contribution in [3.05, 3.63) is 23.9 Å². The SMILES string of the molecule is CCCNC(C)c1ccnc(N(C)C2CCC2)c1. The van der Waals surface area contributed by atoms with Crippen LogP contribution in [0.3, 0.4) is 0 Å². The third-order valence-corrected chi connectivity index (χ3v) is 3.95. The summed E-state index contributed by atoms with van der Waals surface area (Å²) < 4.78 is 0. The minimum Gasteiger partial charge on any atom is -0.357 e. The Hall–Kier alpha value is -1.09. The minimum absolute atomic E-state index is 0.404. The van der Waals surface area contributed by atoms with E-state index in [1.807, 2.05) is 6.20 Å². The summed E-state index contributed by atoms with van der Waals surface area (Å²) in [5.41, 5.74) is 1.33. The van der Waals surface area contributed by atoms with Crippen LogP contribution in [-0.2, 0) is 0 Å². The lowest BCUT2D eigenvalue weighted by Gasteiger charge is -2.35. The van der Waals surface area contributed by atoms with Gasteiger partial charge in [-0.05, 0) is 56.8 Å². The molecular formula is C15H25N3. The van der Waals surface area contributed by atoms with Crippen LogP contribution in [0.2, 0.25) is 0 Å². The van der Waals surface area contributed by atoms with Crippen molar-refractivity contribution in [3.8, 4) is 0 Å². The Morgan fingerprint density at radius 1 is 1.50 bits per heavy atom. The molecule has 3 nitrogen and oxygen atoms in total. The second kappa shape index (κ2) is 6.19. The molecule has 0 spiro atoms. The van der Waals surface area contributed by atoms with Crippen LogP contribution in [0.1, 0.15) is 51.1 Å². The molecule has 1 atom stereocenters. The van der Waals surface area contributed by atoms with Gasteiger partial charge >= 0.3 is 0 Å². The van der Waals surface area contributed by atoms with E-state index in [9.17, 15) is 0 Å². The second-order valence-corrected chi connectivity index (χ2v) is 5.32. The van der Waals surface area contributed by atoms with Gasteiger partial charge in [0.2, 0.25) is 0 Å². The average molecular weight is 247 g/mol. The van der Waals surface area contributed by atoms with Gasteiger partial charge in [-0.1, -0.05) is 6.92 Å². The van der Waals surface area contributed by atoms with Crippen LogP contribution in [0.15, 0.2) is 18.3 Å². The number of pyridine rings is 1. The zero-order valence-electron chi connectivity index (χ0n) is 11.8. The molecule has 0 aromatic carbocycles. The van der Waals surface area contributed by atoms with E-state index in [0.29, 0.717) is 12.1 Å². The molecule has 1 N–H and O–H groups in total. The summed E-state index contributed by atoms with van der Waals surface area (Å²) in [5, 5.41) is 3.53. The van der Waals surface area contributed by atoms with E-state index < -0.39 is 0 Å². The third-order valence-electron chi connectivity index (χ3n) is 3.95. The van der Waals surface area contributed by atoms with Crippen LogP contribution in [0.5, 0.6) is 0 Å². The maximum absolute atomic E-state index is 4.50. The zero-order chi connectivity index (χ0) is 13.0. The van der Waals surface area contributed by atoms with Crippen LogP contribution in [-0.4, -0.2) is 24.6 Å². The van der Waals surface area contributed by atoms with Crippen molar-refractivity contribution in [1.82, 2.24) is 10.3 Å². The summed E-state index contributed by atoms with van der Waals surface area (Å²) >= 11 is 0. The molecule has 1 fully saturated rings. The molecule has 100 valence electrons. The number of aromatic nitrogens is 1. The van der Waals surface area contributed by atoms with E-state index in [1.54, 1.807) is 0 Å². The van der Waals surface area contributed by atoms with Crippen molar-refractivity contribution >= 4 is 5.82 Å². The Balaban J connectivity index is 2.04. The van der Waals surface area contributed by atoms with Crippen LogP contribution < -0.4 is 10.2 Å². The van der Waals surface area contributed by atoms with Crippen molar-refractivity contribution in [3.63, 3.8) is 0 Å². The summed E-state index contributed by atoms with van der Waals surface area (Å²) in [7, 11) is 2.17. The van der Waals surface area contributed by atoms with Gasteiger partial charge in [0.05, 0.1) is 0 Å². The summed E-state index contributed by atoms with van der Waals surface area (Å²) in [6.07, 6.45) is 7.09. The molecule has 1 saturated carbocycles. The van der Waals surface area contributed by atoms with Gasteiger partial charge in [-0.25, -0.2) is 4.98 Å². The number of hydrogen-bond acceptors (Lipinski definition) is 3. The largest absolute Gasteiger partial charge is 0.357 e. The lowest BCUT2D eigenvalue weighted by Crippen LogP contribution is -2.37. The molecular weight excluding hydrogens is 222 g/mol. The first-order valence-corrected chi connectivity index (χ1v) is 7.14. The predicted molar refractivity (Wildman–Crippen MR) is 77.0 cm³/mol. The number of anilines is 1. The highest BCUT2D eigenvalue weighted by molar-refractivity contribution is 5.42. The lowest BCUT2D eigenvalue weighted by molar-refractivity contribution is 0.399. The standard InChI is InChI=1S/C15H25N3/c1-4-9-16-12(2)13-8-10-17-15(11-13)18(3)14-6-5-7-14/h8,10-12,14,16H,4-7,9H2,1-3H3. The fraction of sp³-hybridized carbons (Fsp3) is 0.667. The maximum Gasteiger partial charge on any atom is 0.128 e. The first kappa shape index (κ1) is 13.3. The van der Waals surface area contributed by atoms with Gasteiger partial charge in [-0.2, -0.15) is 0 Å². The van der Waals surface area contributed by atoms with Crippen LogP contribution in [0.4, 0.5) is 5.82 Å². The molecule has 0 saturated heterocycles. The minimum atomic E-state index is 0.404. The molecule has 1 aromatic rings. The third kappa shape index (κ3) is 3.02. The van der Waals surface area contributed by atoms with Gasteiger partial charge in [0.15, 0.2) is 0 Å². The van der Waals surface area contributed by atoms with E-state index in [2.05, 4.69) is 48.2 Å². The van der Waals surface area contributed by atoms with E-state index in [-0.39, 0.29) is 0 Å². The molecule has 2 rings (SSSR count). The van der Waals surface area contributed by atoms with Crippen LogP contribution in [0, 0.1) is 0 Å². The quantitative estimate of drug-likeness (QED) is 0.837. The molecule has 1 unspecified atom stereocenters. The molecule has 3 heteroatoms. The first-order chi connectivity index (χ1) is 8.72. The summed E-state index contributed by atoms with van der Waals surface area (Å²) in [6.45, 7) is 5.48. The van der Waals surface area contributed by atoms with Crippen molar-refractivity contribution in [2.24, 2.45) is 0 Å². The van der Waals surface area contributed by atoms with Gasteiger partial charge in [0.25, 0.3) is 0 Å². The van der Waals surface area contributed by atoms with Crippen LogP contribution >= 0.6 is 0 Å². The molecule has 0 amide bonds. The fourth-order valence-electron chi connectivity index (χ4n) is 2.34. The van der Waals surface area contributed by atoms with Crippen molar-refractivity contribution in [1.29, 1.82) is 0 Å². The highest BCUT2D eigenvalue weighted by Crippen LogP contribution is 2.28. The molecule has 18 heavy (non-hydrogen) atoms. The zero-order valence-corrected chi connectivity index (χ0v) is 11.8. The first-order valence-electron chi connectivity index (χ1n) is 7.14. The number of nitrogens with zero attached hydrogens (tertiary/aromatic N) is 2. The van der Waals surface area contributed by atoms with Crippen molar-refractivity contribution in [2.75, 3.05) is 18.5 Å². The smallest absolute Gasteiger partial charge is 0.128 e. The maximum atomic E-state index is 4.50. The average Bonchev–Trinajstić information content (AvgIpc) is 2.34. The monoisotopic (exact) mass is 247 g/mol. The Labute approximate surface area is 111 Å². The molecule has 1 aliphatic rings. The summed E-state index contributed by atoms with van der Waals surface area (Å²) in [6, 6.07) is 5.45. The number of rotatable bonds is 6. The lowest BCUT2D eigenvalue weighted by atomic mass is 9.92. The Morgan fingerprint density at radius 2 is 2.28 bits per heavy atom.